The van der Waals surface area contributed by atoms with Gasteiger partial charge in [-0.2, -0.15) is 0 Å². The summed E-state index contributed by atoms with van der Waals surface area (Å²) in [6.07, 6.45) is 0. The molecule has 0 aliphatic heterocycles. The third kappa shape index (κ3) is 2.34. The van der Waals surface area contributed by atoms with Gasteiger partial charge in [0.05, 0.1) is 7.11 Å². The summed E-state index contributed by atoms with van der Waals surface area (Å²) in [4.78, 5) is 0. The minimum absolute atomic E-state index is 0.219. The lowest BCUT2D eigenvalue weighted by molar-refractivity contribution is 0.370. The van der Waals surface area contributed by atoms with E-state index in [9.17, 15) is 0 Å². The van der Waals surface area contributed by atoms with Crippen LogP contribution >= 0.6 is 0 Å². The predicted octanol–water partition coefficient (Wildman–Crippen LogP) is 3.94. The molecule has 15 heavy (non-hydrogen) atoms. The molecule has 0 atom stereocenters. The largest absolute Gasteiger partial charge is 0.496 e. The number of ether oxygens (including phenoxy) is 1. The van der Waals surface area contributed by atoms with Crippen LogP contribution in [0.5, 0.6) is 5.75 Å². The Morgan fingerprint density at radius 1 is 1.20 bits per heavy atom. The minimum Gasteiger partial charge on any atom is -0.496 e. The zero-order valence-corrected chi connectivity index (χ0v) is 10.7. The van der Waals surface area contributed by atoms with E-state index in [1.807, 2.05) is 0 Å². The molecule has 0 saturated heterocycles. The van der Waals surface area contributed by atoms with Gasteiger partial charge in [-0.05, 0) is 35.4 Å². The summed E-state index contributed by atoms with van der Waals surface area (Å²) in [7, 11) is 1.72. The van der Waals surface area contributed by atoms with E-state index >= 15 is 0 Å². The molecular formula is C14H22O. The van der Waals surface area contributed by atoms with Crippen molar-refractivity contribution in [2.75, 3.05) is 7.11 Å². The van der Waals surface area contributed by atoms with Gasteiger partial charge in [-0.1, -0.05) is 39.8 Å². The van der Waals surface area contributed by atoms with Crippen molar-refractivity contribution in [3.05, 3.63) is 29.3 Å². The lowest BCUT2D eigenvalue weighted by Gasteiger charge is -2.30. The third-order valence-corrected chi connectivity index (χ3v) is 3.58. The molecule has 84 valence electrons. The Hall–Kier alpha value is -0.980. The topological polar surface area (TPSA) is 9.23 Å². The summed E-state index contributed by atoms with van der Waals surface area (Å²) < 4.78 is 5.27. The fraction of sp³-hybridized carbons (Fsp3) is 0.571. The number of benzene rings is 1. The minimum atomic E-state index is 0.219. The predicted molar refractivity (Wildman–Crippen MR) is 65.6 cm³/mol. The number of hydrogen-bond donors (Lipinski definition) is 0. The molecule has 1 nitrogen and oxygen atoms in total. The van der Waals surface area contributed by atoms with Gasteiger partial charge < -0.3 is 4.74 Å². The fourth-order valence-electron chi connectivity index (χ4n) is 1.61. The van der Waals surface area contributed by atoms with E-state index < -0.39 is 0 Å². The molecule has 1 rings (SSSR count). The molecule has 0 aromatic heterocycles. The van der Waals surface area contributed by atoms with Crippen molar-refractivity contribution in [3.8, 4) is 5.75 Å². The molecule has 0 bridgehead atoms. The highest BCUT2D eigenvalue weighted by Crippen LogP contribution is 2.33. The van der Waals surface area contributed by atoms with Gasteiger partial charge in [-0.25, -0.2) is 0 Å². The van der Waals surface area contributed by atoms with Crippen LogP contribution < -0.4 is 4.74 Å². The number of methoxy groups -OCH3 is 1. The SMILES string of the molecule is COc1ccc(C(C)(C)C(C)C)cc1C. The molecule has 0 radical (unpaired) electrons. The summed E-state index contributed by atoms with van der Waals surface area (Å²) in [5.74, 6) is 1.60. The van der Waals surface area contributed by atoms with Crippen molar-refractivity contribution in [1.82, 2.24) is 0 Å². The number of hydrogen-bond acceptors (Lipinski definition) is 1. The van der Waals surface area contributed by atoms with Crippen LogP contribution in [0, 0.1) is 12.8 Å². The highest BCUT2D eigenvalue weighted by Gasteiger charge is 2.24. The molecule has 1 aromatic carbocycles. The van der Waals surface area contributed by atoms with Crippen LogP contribution in [0.2, 0.25) is 0 Å². The van der Waals surface area contributed by atoms with E-state index in [0.29, 0.717) is 5.92 Å². The van der Waals surface area contributed by atoms with E-state index in [2.05, 4.69) is 52.8 Å². The summed E-state index contributed by atoms with van der Waals surface area (Å²) in [5, 5.41) is 0. The van der Waals surface area contributed by atoms with Gasteiger partial charge >= 0.3 is 0 Å². The highest BCUT2D eigenvalue weighted by atomic mass is 16.5. The number of rotatable bonds is 3. The van der Waals surface area contributed by atoms with E-state index in [0.717, 1.165) is 5.75 Å². The molecule has 0 N–H and O–H groups in total. The summed E-state index contributed by atoms with van der Waals surface area (Å²) in [5.41, 5.74) is 2.82. The van der Waals surface area contributed by atoms with Crippen LogP contribution in [0.1, 0.15) is 38.8 Å². The van der Waals surface area contributed by atoms with Gasteiger partial charge in [0.1, 0.15) is 5.75 Å². The van der Waals surface area contributed by atoms with Crippen LogP contribution in [-0.4, -0.2) is 7.11 Å². The van der Waals surface area contributed by atoms with Crippen LogP contribution in [0.4, 0.5) is 0 Å². The first-order valence-corrected chi connectivity index (χ1v) is 5.54. The quantitative estimate of drug-likeness (QED) is 0.728. The second-order valence-corrected chi connectivity index (χ2v) is 5.06. The average molecular weight is 206 g/mol. The molecule has 0 fully saturated rings. The van der Waals surface area contributed by atoms with E-state index in [1.165, 1.54) is 11.1 Å². The van der Waals surface area contributed by atoms with Gasteiger partial charge in [0.2, 0.25) is 0 Å². The Morgan fingerprint density at radius 3 is 2.20 bits per heavy atom. The van der Waals surface area contributed by atoms with Crippen molar-refractivity contribution in [2.45, 2.75) is 40.0 Å². The zero-order valence-electron chi connectivity index (χ0n) is 10.7. The summed E-state index contributed by atoms with van der Waals surface area (Å²) >= 11 is 0. The lowest BCUT2D eigenvalue weighted by Crippen LogP contribution is -2.24. The molecule has 0 aliphatic rings. The third-order valence-electron chi connectivity index (χ3n) is 3.58. The maximum absolute atomic E-state index is 5.27. The summed E-state index contributed by atoms with van der Waals surface area (Å²) in [6.45, 7) is 11.2. The normalized spacial score (nSPS) is 11.9. The molecule has 1 heteroatoms. The molecule has 0 unspecified atom stereocenters. The van der Waals surface area contributed by atoms with Gasteiger partial charge in [0.25, 0.3) is 0 Å². The molecule has 0 saturated carbocycles. The fourth-order valence-corrected chi connectivity index (χ4v) is 1.61. The monoisotopic (exact) mass is 206 g/mol. The standard InChI is InChI=1S/C14H22O/c1-10(2)14(4,5)12-7-8-13(15-6)11(3)9-12/h7-10H,1-6H3. The molecule has 0 spiro atoms. The zero-order chi connectivity index (χ0) is 11.6. The lowest BCUT2D eigenvalue weighted by atomic mass is 9.75. The first kappa shape index (κ1) is 12.1. The van der Waals surface area contributed by atoms with E-state index in [4.69, 9.17) is 4.74 Å². The van der Waals surface area contributed by atoms with Crippen molar-refractivity contribution in [3.63, 3.8) is 0 Å². The van der Waals surface area contributed by atoms with Crippen LogP contribution in [-0.2, 0) is 5.41 Å². The van der Waals surface area contributed by atoms with Gasteiger partial charge in [0, 0.05) is 0 Å². The second-order valence-electron chi connectivity index (χ2n) is 5.06. The second kappa shape index (κ2) is 4.26. The Kier molecular flexibility index (Phi) is 3.43. The van der Waals surface area contributed by atoms with E-state index in [1.54, 1.807) is 7.11 Å². The first-order valence-electron chi connectivity index (χ1n) is 5.54. The Balaban J connectivity index is 3.12. The Bertz CT molecular complexity index is 337. The maximum atomic E-state index is 5.27. The molecule has 1 aromatic rings. The molecule has 0 amide bonds. The summed E-state index contributed by atoms with van der Waals surface area (Å²) in [6, 6.07) is 6.47. The van der Waals surface area contributed by atoms with Crippen molar-refractivity contribution < 1.29 is 4.74 Å². The molecule has 0 aliphatic carbocycles. The highest BCUT2D eigenvalue weighted by molar-refractivity contribution is 5.39. The average Bonchev–Trinajstić information content (AvgIpc) is 2.17. The smallest absolute Gasteiger partial charge is 0.121 e. The Morgan fingerprint density at radius 2 is 1.80 bits per heavy atom. The van der Waals surface area contributed by atoms with Crippen LogP contribution in [0.3, 0.4) is 0 Å². The van der Waals surface area contributed by atoms with Crippen molar-refractivity contribution in [2.24, 2.45) is 5.92 Å². The maximum Gasteiger partial charge on any atom is 0.121 e. The van der Waals surface area contributed by atoms with Gasteiger partial charge in [0.15, 0.2) is 0 Å². The number of aryl methyl sites for hydroxylation is 1. The van der Waals surface area contributed by atoms with Crippen molar-refractivity contribution >= 4 is 0 Å². The van der Waals surface area contributed by atoms with Gasteiger partial charge in [-0.15, -0.1) is 0 Å². The Labute approximate surface area is 93.5 Å². The molecular weight excluding hydrogens is 184 g/mol. The van der Waals surface area contributed by atoms with Crippen LogP contribution in [0.25, 0.3) is 0 Å². The van der Waals surface area contributed by atoms with Crippen LogP contribution in [0.15, 0.2) is 18.2 Å². The van der Waals surface area contributed by atoms with E-state index in [-0.39, 0.29) is 5.41 Å². The van der Waals surface area contributed by atoms with Gasteiger partial charge in [-0.3, -0.25) is 0 Å². The molecule has 0 heterocycles. The first-order chi connectivity index (χ1) is 6.89. The van der Waals surface area contributed by atoms with Crippen molar-refractivity contribution in [1.29, 1.82) is 0 Å².